The predicted octanol–water partition coefficient (Wildman–Crippen LogP) is 1.74. The third-order valence-corrected chi connectivity index (χ3v) is 5.48. The van der Waals surface area contributed by atoms with Crippen LogP contribution in [-0.4, -0.2) is 57.4 Å². The number of hydrogen-bond donors (Lipinski definition) is 1. The van der Waals surface area contributed by atoms with E-state index in [1.807, 2.05) is 30.1 Å². The van der Waals surface area contributed by atoms with Crippen molar-refractivity contribution in [3.05, 3.63) is 36.3 Å². The molecule has 2 saturated heterocycles. The van der Waals surface area contributed by atoms with Gasteiger partial charge < -0.3 is 10.1 Å². The van der Waals surface area contributed by atoms with Gasteiger partial charge in [0.05, 0.1) is 11.4 Å². The molecule has 2 aromatic heterocycles. The van der Waals surface area contributed by atoms with E-state index in [4.69, 9.17) is 4.74 Å². The third kappa shape index (κ3) is 4.36. The van der Waals surface area contributed by atoms with Gasteiger partial charge in [-0.2, -0.15) is 5.10 Å². The average molecular weight is 369 g/mol. The normalized spacial score (nSPS) is 21.4. The van der Waals surface area contributed by atoms with Gasteiger partial charge >= 0.3 is 0 Å². The highest BCUT2D eigenvalue weighted by molar-refractivity contribution is 5.81. The maximum Gasteiger partial charge on any atom is 0.249 e. The highest BCUT2D eigenvalue weighted by Gasteiger charge is 2.27. The molecule has 2 aliphatic rings. The van der Waals surface area contributed by atoms with Crippen molar-refractivity contribution in [2.45, 2.75) is 44.4 Å². The molecule has 7 heteroatoms. The monoisotopic (exact) mass is 369 g/mol. The lowest BCUT2D eigenvalue weighted by molar-refractivity contribution is -0.131. The summed E-state index contributed by atoms with van der Waals surface area (Å²) in [6, 6.07) is 6.36. The van der Waals surface area contributed by atoms with Crippen molar-refractivity contribution in [3.8, 4) is 11.3 Å². The Hall–Kier alpha value is -2.25. The fraction of sp³-hybridized carbons (Fsp3) is 0.550. The minimum absolute atomic E-state index is 0.0682. The Bertz CT molecular complexity index is 762. The second-order valence-electron chi connectivity index (χ2n) is 7.45. The van der Waals surface area contributed by atoms with Crippen molar-refractivity contribution in [2.24, 2.45) is 7.05 Å². The van der Waals surface area contributed by atoms with Crippen LogP contribution >= 0.6 is 0 Å². The van der Waals surface area contributed by atoms with E-state index in [9.17, 15) is 4.79 Å². The Morgan fingerprint density at radius 1 is 1.33 bits per heavy atom. The van der Waals surface area contributed by atoms with Crippen molar-refractivity contribution in [1.82, 2.24) is 25.0 Å². The van der Waals surface area contributed by atoms with Crippen molar-refractivity contribution in [2.75, 3.05) is 19.7 Å². The molecule has 1 atom stereocenters. The molecule has 0 aliphatic carbocycles. The first kappa shape index (κ1) is 18.1. The van der Waals surface area contributed by atoms with Gasteiger partial charge in [0.15, 0.2) is 0 Å². The Balaban J connectivity index is 1.29. The summed E-state index contributed by atoms with van der Waals surface area (Å²) in [5.74, 6) is 0.0682. The highest BCUT2D eigenvalue weighted by Crippen LogP contribution is 2.20. The number of carbonyl (C=O) groups excluding carboxylic acids is 1. The van der Waals surface area contributed by atoms with Crippen molar-refractivity contribution in [3.63, 3.8) is 0 Å². The SMILES string of the molecule is Cn1nc(-c2cccnc2)cc1CN1CCC(NC(=O)C2CCCO2)CC1. The lowest BCUT2D eigenvalue weighted by atomic mass is 10.0. The Kier molecular flexibility index (Phi) is 5.50. The molecule has 2 aliphatic heterocycles. The lowest BCUT2D eigenvalue weighted by Crippen LogP contribution is -2.47. The van der Waals surface area contributed by atoms with Crippen molar-refractivity contribution >= 4 is 5.91 Å². The first-order valence-corrected chi connectivity index (χ1v) is 9.77. The van der Waals surface area contributed by atoms with Gasteiger partial charge in [-0.25, -0.2) is 0 Å². The van der Waals surface area contributed by atoms with Gasteiger partial charge in [-0.3, -0.25) is 19.4 Å². The summed E-state index contributed by atoms with van der Waals surface area (Å²) < 4.78 is 7.42. The maximum absolute atomic E-state index is 12.2. The van der Waals surface area contributed by atoms with E-state index in [2.05, 4.69) is 26.4 Å². The van der Waals surface area contributed by atoms with Crippen LogP contribution in [0.15, 0.2) is 30.6 Å². The van der Waals surface area contributed by atoms with Gasteiger partial charge in [0.25, 0.3) is 0 Å². The van der Waals surface area contributed by atoms with Gasteiger partial charge in [0.2, 0.25) is 5.91 Å². The Labute approximate surface area is 159 Å². The number of rotatable bonds is 5. The standard InChI is InChI=1S/C20H27N5O2/c1-24-17(12-18(23-24)15-4-2-8-21-13-15)14-25-9-6-16(7-10-25)22-20(26)19-5-3-11-27-19/h2,4,8,12-13,16,19H,3,5-7,9-11,14H2,1H3,(H,22,26). The number of ether oxygens (including phenoxy) is 1. The molecule has 0 bridgehead atoms. The number of aryl methyl sites for hydroxylation is 1. The molecule has 2 aromatic rings. The minimum atomic E-state index is -0.233. The number of likely N-dealkylation sites (tertiary alicyclic amines) is 1. The van der Waals surface area contributed by atoms with Crippen molar-refractivity contribution in [1.29, 1.82) is 0 Å². The van der Waals surface area contributed by atoms with E-state index in [0.29, 0.717) is 6.61 Å². The van der Waals surface area contributed by atoms with E-state index in [1.54, 1.807) is 6.20 Å². The zero-order valence-corrected chi connectivity index (χ0v) is 15.8. The number of nitrogens with zero attached hydrogens (tertiary/aromatic N) is 4. The summed E-state index contributed by atoms with van der Waals surface area (Å²) in [4.78, 5) is 18.8. The fourth-order valence-electron chi connectivity index (χ4n) is 3.85. The predicted molar refractivity (Wildman–Crippen MR) is 102 cm³/mol. The molecule has 0 radical (unpaired) electrons. The van der Waals surface area contributed by atoms with Gasteiger partial charge in [0, 0.05) is 57.3 Å². The lowest BCUT2D eigenvalue weighted by Gasteiger charge is -2.32. The van der Waals surface area contributed by atoms with Crippen molar-refractivity contribution < 1.29 is 9.53 Å². The van der Waals surface area contributed by atoms with Crippen LogP contribution in [0.25, 0.3) is 11.3 Å². The first-order chi connectivity index (χ1) is 13.2. The van der Waals surface area contributed by atoms with Crippen LogP contribution in [0, 0.1) is 0 Å². The molecule has 0 spiro atoms. The zero-order chi connectivity index (χ0) is 18.6. The van der Waals surface area contributed by atoms with Crippen LogP contribution in [-0.2, 0) is 23.1 Å². The molecule has 1 N–H and O–H groups in total. The fourth-order valence-corrected chi connectivity index (χ4v) is 3.85. The van der Waals surface area contributed by atoms with E-state index < -0.39 is 0 Å². The molecule has 144 valence electrons. The first-order valence-electron chi connectivity index (χ1n) is 9.77. The Morgan fingerprint density at radius 3 is 2.89 bits per heavy atom. The van der Waals surface area contributed by atoms with Crippen LogP contribution in [0.3, 0.4) is 0 Å². The molecule has 4 rings (SSSR count). The highest BCUT2D eigenvalue weighted by atomic mass is 16.5. The van der Waals surface area contributed by atoms with Crippen LogP contribution in [0.5, 0.6) is 0 Å². The number of nitrogens with one attached hydrogen (secondary N) is 1. The summed E-state index contributed by atoms with van der Waals surface area (Å²) in [6.45, 7) is 3.53. The van der Waals surface area contributed by atoms with E-state index in [0.717, 1.165) is 56.6 Å². The number of hydrogen-bond acceptors (Lipinski definition) is 5. The minimum Gasteiger partial charge on any atom is -0.368 e. The van der Waals surface area contributed by atoms with E-state index in [1.165, 1.54) is 5.69 Å². The summed E-state index contributed by atoms with van der Waals surface area (Å²) in [5.41, 5.74) is 3.19. The molecule has 27 heavy (non-hydrogen) atoms. The number of aromatic nitrogens is 3. The second kappa shape index (κ2) is 8.19. The van der Waals surface area contributed by atoms with Crippen LogP contribution < -0.4 is 5.32 Å². The van der Waals surface area contributed by atoms with Gasteiger partial charge in [0.1, 0.15) is 6.10 Å². The van der Waals surface area contributed by atoms with Crippen LogP contribution in [0.1, 0.15) is 31.4 Å². The molecule has 0 aromatic carbocycles. The quantitative estimate of drug-likeness (QED) is 0.869. The van der Waals surface area contributed by atoms with Gasteiger partial charge in [-0.05, 0) is 43.9 Å². The molecular weight excluding hydrogens is 342 g/mol. The molecule has 2 fully saturated rings. The third-order valence-electron chi connectivity index (χ3n) is 5.48. The molecule has 4 heterocycles. The summed E-state index contributed by atoms with van der Waals surface area (Å²) >= 11 is 0. The average Bonchev–Trinajstić information content (AvgIpc) is 3.35. The molecule has 1 unspecified atom stereocenters. The van der Waals surface area contributed by atoms with E-state index in [-0.39, 0.29) is 18.1 Å². The zero-order valence-electron chi connectivity index (χ0n) is 15.8. The number of pyridine rings is 1. The summed E-state index contributed by atoms with van der Waals surface area (Å²) in [6.07, 6.45) is 7.18. The number of amides is 1. The molecule has 1 amide bonds. The van der Waals surface area contributed by atoms with E-state index >= 15 is 0 Å². The Morgan fingerprint density at radius 2 is 2.19 bits per heavy atom. The van der Waals surface area contributed by atoms with Crippen LogP contribution in [0.2, 0.25) is 0 Å². The topological polar surface area (TPSA) is 72.3 Å². The smallest absolute Gasteiger partial charge is 0.249 e. The molecule has 7 nitrogen and oxygen atoms in total. The molecule has 0 saturated carbocycles. The summed E-state index contributed by atoms with van der Waals surface area (Å²) in [5, 5.41) is 7.79. The largest absolute Gasteiger partial charge is 0.368 e. The number of piperidine rings is 1. The van der Waals surface area contributed by atoms with Gasteiger partial charge in [-0.1, -0.05) is 0 Å². The van der Waals surface area contributed by atoms with Crippen LogP contribution in [0.4, 0.5) is 0 Å². The summed E-state index contributed by atoms with van der Waals surface area (Å²) in [7, 11) is 1.99. The van der Waals surface area contributed by atoms with Gasteiger partial charge in [-0.15, -0.1) is 0 Å². The second-order valence-corrected chi connectivity index (χ2v) is 7.45. The maximum atomic E-state index is 12.2. The molecular formula is C20H27N5O2. The number of carbonyl (C=O) groups is 1.